The van der Waals surface area contributed by atoms with Gasteiger partial charge < -0.3 is 9.53 Å². The van der Waals surface area contributed by atoms with E-state index in [1.165, 1.54) is 0 Å². The van der Waals surface area contributed by atoms with Crippen LogP contribution >= 0.6 is 0 Å². The third-order valence-electron chi connectivity index (χ3n) is 3.37. The van der Waals surface area contributed by atoms with Crippen LogP contribution in [0.15, 0.2) is 42.5 Å². The van der Waals surface area contributed by atoms with Crippen molar-refractivity contribution in [3.63, 3.8) is 0 Å². The van der Waals surface area contributed by atoms with E-state index in [2.05, 4.69) is 0 Å². The van der Waals surface area contributed by atoms with E-state index in [1.807, 2.05) is 42.5 Å². The number of carbonyl (C=O) groups is 2. The van der Waals surface area contributed by atoms with Gasteiger partial charge >= 0.3 is 5.97 Å². The summed E-state index contributed by atoms with van der Waals surface area (Å²) in [7, 11) is 0. The van der Waals surface area contributed by atoms with Gasteiger partial charge in [0, 0.05) is 12.3 Å². The Morgan fingerprint density at radius 1 is 1.20 bits per heavy atom. The molecule has 20 heavy (non-hydrogen) atoms. The normalized spacial score (nSPS) is 12.1. The summed E-state index contributed by atoms with van der Waals surface area (Å²) in [6.07, 6.45) is 1.81. The molecule has 0 N–H and O–H groups in total. The molecule has 0 saturated heterocycles. The van der Waals surface area contributed by atoms with Gasteiger partial charge in [-0.05, 0) is 22.8 Å². The molecule has 3 heteroatoms. The average Bonchev–Trinajstić information content (AvgIpc) is 2.51. The van der Waals surface area contributed by atoms with Gasteiger partial charge in [0.1, 0.15) is 6.29 Å². The number of carbonyl (C=O) groups excluding carboxylic acids is 2. The maximum absolute atomic E-state index is 11.4. The third kappa shape index (κ3) is 3.23. The van der Waals surface area contributed by atoms with Crippen LogP contribution in [0.25, 0.3) is 10.8 Å². The molecule has 0 aliphatic rings. The number of benzene rings is 2. The third-order valence-corrected chi connectivity index (χ3v) is 3.37. The number of fused-ring (bicyclic) bond motifs is 1. The summed E-state index contributed by atoms with van der Waals surface area (Å²) in [5, 5.41) is 2.19. The maximum Gasteiger partial charge on any atom is 0.305 e. The molecule has 0 fully saturated rings. The van der Waals surface area contributed by atoms with Crippen LogP contribution in [0, 0.1) is 0 Å². The van der Waals surface area contributed by atoms with E-state index in [1.54, 1.807) is 6.92 Å². The fraction of sp³-hybridized carbons (Fsp3) is 0.294. The van der Waals surface area contributed by atoms with Crippen LogP contribution in [-0.4, -0.2) is 18.9 Å². The summed E-state index contributed by atoms with van der Waals surface area (Å²) >= 11 is 0. The Hall–Kier alpha value is -2.16. The number of hydrogen-bond donors (Lipinski definition) is 0. The minimum absolute atomic E-state index is 0.229. The van der Waals surface area contributed by atoms with Crippen molar-refractivity contribution in [3.05, 3.63) is 48.0 Å². The molecule has 0 spiro atoms. The molecule has 2 rings (SSSR count). The number of rotatable bonds is 6. The van der Waals surface area contributed by atoms with Crippen LogP contribution < -0.4 is 0 Å². The molecule has 2 aromatic carbocycles. The first-order valence-electron chi connectivity index (χ1n) is 6.84. The molecule has 2 aromatic rings. The molecule has 0 heterocycles. The lowest BCUT2D eigenvalue weighted by molar-refractivity contribution is -0.143. The second-order valence-electron chi connectivity index (χ2n) is 4.67. The quantitative estimate of drug-likeness (QED) is 0.596. The zero-order valence-corrected chi connectivity index (χ0v) is 11.5. The highest BCUT2D eigenvalue weighted by Crippen LogP contribution is 2.26. The highest BCUT2D eigenvalue weighted by molar-refractivity contribution is 5.88. The molecular weight excluding hydrogens is 252 g/mol. The van der Waals surface area contributed by atoms with Gasteiger partial charge in [0.05, 0.1) is 6.61 Å². The Kier molecular flexibility index (Phi) is 4.88. The summed E-state index contributed by atoms with van der Waals surface area (Å²) in [5.41, 5.74) is 0.991. The molecular formula is C17H18O3. The van der Waals surface area contributed by atoms with Crippen LogP contribution in [0.3, 0.4) is 0 Å². The van der Waals surface area contributed by atoms with Crippen molar-refractivity contribution in [3.8, 4) is 0 Å². The lowest BCUT2D eigenvalue weighted by Gasteiger charge is -2.13. The summed E-state index contributed by atoms with van der Waals surface area (Å²) in [6.45, 7) is 2.03. The standard InChI is InChI=1S/C17H18O3/c1-2-17(19)20-11-10-14(12-18)16-9-5-7-13-6-3-4-8-15(13)16/h3-9,12,14H,2,10-11H2,1H3. The Morgan fingerprint density at radius 2 is 1.95 bits per heavy atom. The molecule has 0 bridgehead atoms. The van der Waals surface area contributed by atoms with Gasteiger partial charge in [0.2, 0.25) is 0 Å². The Bertz CT molecular complexity index is 599. The largest absolute Gasteiger partial charge is 0.466 e. The fourth-order valence-electron chi connectivity index (χ4n) is 2.27. The van der Waals surface area contributed by atoms with Crippen LogP contribution in [0.2, 0.25) is 0 Å². The van der Waals surface area contributed by atoms with Crippen molar-refractivity contribution >= 4 is 23.0 Å². The van der Waals surface area contributed by atoms with Crippen molar-refractivity contribution in [2.45, 2.75) is 25.7 Å². The zero-order chi connectivity index (χ0) is 14.4. The number of ether oxygens (including phenoxy) is 1. The van der Waals surface area contributed by atoms with Gasteiger partial charge in [-0.25, -0.2) is 0 Å². The van der Waals surface area contributed by atoms with Gasteiger partial charge in [-0.15, -0.1) is 0 Å². The Morgan fingerprint density at radius 3 is 2.70 bits per heavy atom. The van der Waals surface area contributed by atoms with Crippen molar-refractivity contribution in [1.82, 2.24) is 0 Å². The fourth-order valence-corrected chi connectivity index (χ4v) is 2.27. The molecule has 1 unspecified atom stereocenters. The monoisotopic (exact) mass is 270 g/mol. The van der Waals surface area contributed by atoms with E-state index in [0.29, 0.717) is 12.8 Å². The highest BCUT2D eigenvalue weighted by atomic mass is 16.5. The highest BCUT2D eigenvalue weighted by Gasteiger charge is 2.14. The molecule has 0 aromatic heterocycles. The maximum atomic E-state index is 11.4. The van der Waals surface area contributed by atoms with Gasteiger partial charge in [-0.3, -0.25) is 4.79 Å². The molecule has 0 saturated carbocycles. The van der Waals surface area contributed by atoms with Crippen LogP contribution in [0.5, 0.6) is 0 Å². The minimum Gasteiger partial charge on any atom is -0.466 e. The van der Waals surface area contributed by atoms with Crippen molar-refractivity contribution in [1.29, 1.82) is 0 Å². The SMILES string of the molecule is CCC(=O)OCCC(C=O)c1cccc2ccccc12. The number of hydrogen-bond acceptors (Lipinski definition) is 3. The summed E-state index contributed by atoms with van der Waals surface area (Å²) in [6, 6.07) is 13.9. The number of aldehydes is 1. The second kappa shape index (κ2) is 6.85. The molecule has 104 valence electrons. The topological polar surface area (TPSA) is 43.4 Å². The van der Waals surface area contributed by atoms with E-state index < -0.39 is 0 Å². The van der Waals surface area contributed by atoms with Crippen LogP contribution in [0.1, 0.15) is 31.2 Å². The minimum atomic E-state index is -0.245. The average molecular weight is 270 g/mol. The van der Waals surface area contributed by atoms with Crippen LogP contribution in [-0.2, 0) is 14.3 Å². The molecule has 1 atom stereocenters. The first-order chi connectivity index (χ1) is 9.76. The van der Waals surface area contributed by atoms with E-state index in [0.717, 1.165) is 22.6 Å². The van der Waals surface area contributed by atoms with E-state index >= 15 is 0 Å². The Labute approximate surface area is 118 Å². The first-order valence-corrected chi connectivity index (χ1v) is 6.84. The first kappa shape index (κ1) is 14.3. The predicted octanol–water partition coefficient (Wildman–Crippen LogP) is 3.47. The Balaban J connectivity index is 2.17. The molecule has 3 nitrogen and oxygen atoms in total. The zero-order valence-electron chi connectivity index (χ0n) is 11.5. The van der Waals surface area contributed by atoms with E-state index in [4.69, 9.17) is 4.74 Å². The molecule has 0 radical (unpaired) electrons. The van der Waals surface area contributed by atoms with Crippen LogP contribution in [0.4, 0.5) is 0 Å². The van der Waals surface area contributed by atoms with Gasteiger partial charge in [0.25, 0.3) is 0 Å². The van der Waals surface area contributed by atoms with Crippen molar-refractivity contribution in [2.24, 2.45) is 0 Å². The van der Waals surface area contributed by atoms with E-state index in [9.17, 15) is 9.59 Å². The predicted molar refractivity (Wildman–Crippen MR) is 78.6 cm³/mol. The van der Waals surface area contributed by atoms with Crippen molar-refractivity contribution < 1.29 is 14.3 Å². The lowest BCUT2D eigenvalue weighted by Crippen LogP contribution is -2.09. The van der Waals surface area contributed by atoms with Gasteiger partial charge in [-0.2, -0.15) is 0 Å². The summed E-state index contributed by atoms with van der Waals surface area (Å²) < 4.78 is 5.06. The second-order valence-corrected chi connectivity index (χ2v) is 4.67. The number of esters is 1. The summed E-state index contributed by atoms with van der Waals surface area (Å²) in [5.74, 6) is -0.474. The van der Waals surface area contributed by atoms with Crippen molar-refractivity contribution in [2.75, 3.05) is 6.61 Å². The molecule has 0 amide bonds. The van der Waals surface area contributed by atoms with Gasteiger partial charge in [-0.1, -0.05) is 49.4 Å². The lowest BCUT2D eigenvalue weighted by atomic mass is 9.92. The molecule has 0 aliphatic heterocycles. The molecule has 0 aliphatic carbocycles. The summed E-state index contributed by atoms with van der Waals surface area (Å²) in [4.78, 5) is 22.5. The van der Waals surface area contributed by atoms with Gasteiger partial charge in [0.15, 0.2) is 0 Å². The van der Waals surface area contributed by atoms with E-state index in [-0.39, 0.29) is 18.5 Å². The smallest absolute Gasteiger partial charge is 0.305 e.